The lowest BCUT2D eigenvalue weighted by Gasteiger charge is -2.11. The Morgan fingerprint density at radius 2 is 2.21 bits per heavy atom. The quantitative estimate of drug-likeness (QED) is 0.432. The van der Waals surface area contributed by atoms with Gasteiger partial charge in [0, 0.05) is 4.74 Å². The molecule has 0 radical (unpaired) electrons. The average Bonchev–Trinajstić information content (AvgIpc) is 2.69. The highest BCUT2D eigenvalue weighted by Gasteiger charge is 2.49. The van der Waals surface area contributed by atoms with Crippen LogP contribution in [-0.4, -0.2) is 32.3 Å². The van der Waals surface area contributed by atoms with E-state index in [4.69, 9.17) is 0 Å². The van der Waals surface area contributed by atoms with Gasteiger partial charge >= 0.3 is 11.4 Å². The Morgan fingerprint density at radius 3 is 2.64 bits per heavy atom. The summed E-state index contributed by atoms with van der Waals surface area (Å²) in [6.07, 6.45) is 1.46. The van der Waals surface area contributed by atoms with Gasteiger partial charge in [-0.15, -0.1) is 16.1 Å². The number of thiophene rings is 1. The van der Waals surface area contributed by atoms with E-state index in [1.165, 1.54) is 17.6 Å². The van der Waals surface area contributed by atoms with Crippen molar-refractivity contribution in [3.63, 3.8) is 0 Å². The van der Waals surface area contributed by atoms with Crippen LogP contribution in [0.1, 0.15) is 18.7 Å². The van der Waals surface area contributed by atoms with E-state index < -0.39 is 5.66 Å². The van der Waals surface area contributed by atoms with Gasteiger partial charge in [0.25, 0.3) is 6.21 Å². The predicted octanol–water partition coefficient (Wildman–Crippen LogP) is 1.27. The van der Waals surface area contributed by atoms with Gasteiger partial charge in [-0.1, -0.05) is 6.07 Å². The molecule has 5 heteroatoms. The molecule has 1 aromatic rings. The maximum atomic E-state index is 11.8. The Morgan fingerprint density at radius 1 is 1.50 bits per heavy atom. The van der Waals surface area contributed by atoms with Crippen LogP contribution < -0.4 is 0 Å². The van der Waals surface area contributed by atoms with Gasteiger partial charge in [-0.3, -0.25) is 5.21 Å². The molecule has 1 aliphatic rings. The van der Waals surface area contributed by atoms with Crippen molar-refractivity contribution >= 4 is 23.3 Å². The molecule has 0 saturated heterocycles. The first-order valence-corrected chi connectivity index (χ1v) is 5.13. The van der Waals surface area contributed by atoms with Crippen LogP contribution in [0.3, 0.4) is 0 Å². The molecule has 0 saturated carbocycles. The Kier molecular flexibility index (Phi) is 1.85. The molecule has 2 rings (SSSR count). The third-order valence-corrected chi connectivity index (χ3v) is 3.19. The first kappa shape index (κ1) is 9.21. The van der Waals surface area contributed by atoms with Crippen LogP contribution in [-0.2, 0) is 0 Å². The number of rotatable bonds is 1. The van der Waals surface area contributed by atoms with E-state index in [-0.39, 0.29) is 0 Å². The molecule has 0 atom stereocenters. The summed E-state index contributed by atoms with van der Waals surface area (Å²) in [5, 5.41) is 23.2. The molecule has 0 aromatic carbocycles. The van der Waals surface area contributed by atoms with Crippen LogP contribution >= 0.6 is 11.3 Å². The minimum Gasteiger partial charge on any atom is -0.618 e. The first-order valence-electron chi connectivity index (χ1n) is 4.25. The molecule has 1 N–H and O–H groups in total. The molecule has 1 aromatic heterocycles. The second-order valence-electron chi connectivity index (χ2n) is 3.63. The van der Waals surface area contributed by atoms with Crippen LogP contribution in [0, 0.1) is 5.21 Å². The molecule has 0 fully saturated rings. The predicted molar refractivity (Wildman–Crippen MR) is 54.2 cm³/mol. The summed E-state index contributed by atoms with van der Waals surface area (Å²) in [5.41, 5.74) is -0.410. The van der Waals surface area contributed by atoms with E-state index in [9.17, 15) is 10.4 Å². The second-order valence-corrected chi connectivity index (χ2v) is 4.57. The second kappa shape index (κ2) is 2.81. The van der Waals surface area contributed by atoms with Crippen molar-refractivity contribution in [2.45, 2.75) is 19.5 Å². The molecule has 0 aliphatic carbocycles. The maximum absolute atomic E-state index is 11.8. The summed E-state index contributed by atoms with van der Waals surface area (Å²) in [4.78, 5) is 0.865. The minimum atomic E-state index is -0.917. The van der Waals surface area contributed by atoms with Crippen molar-refractivity contribution in [2.75, 3.05) is 0 Å². The van der Waals surface area contributed by atoms with Gasteiger partial charge in [-0.05, 0) is 11.4 Å². The summed E-state index contributed by atoms with van der Waals surface area (Å²) in [6, 6.07) is 3.73. The topological polar surface area (TPSA) is 49.3 Å². The zero-order chi connectivity index (χ0) is 10.3. The summed E-state index contributed by atoms with van der Waals surface area (Å²) in [5.74, 6) is 0. The number of hydrogen-bond donors (Lipinski definition) is 1. The van der Waals surface area contributed by atoms with Gasteiger partial charge < -0.3 is 5.21 Å². The van der Waals surface area contributed by atoms with Gasteiger partial charge in [0.1, 0.15) is 4.88 Å². The third-order valence-electron chi connectivity index (χ3n) is 2.29. The molecule has 0 unspecified atom stereocenters. The van der Waals surface area contributed by atoms with E-state index >= 15 is 0 Å². The Hall–Kier alpha value is -1.36. The molecular weight excluding hydrogens is 200 g/mol. The fourth-order valence-electron chi connectivity index (χ4n) is 1.30. The summed E-state index contributed by atoms with van der Waals surface area (Å²) in [7, 11) is 0. The van der Waals surface area contributed by atoms with Crippen LogP contribution in [0.4, 0.5) is 0 Å². The molecule has 74 valence electrons. The van der Waals surface area contributed by atoms with Crippen LogP contribution in [0.5, 0.6) is 0 Å². The van der Waals surface area contributed by atoms with Gasteiger partial charge in [0.15, 0.2) is 0 Å². The van der Waals surface area contributed by atoms with Crippen molar-refractivity contribution in [1.82, 2.24) is 0 Å². The maximum Gasteiger partial charge on any atom is 0.401 e. The fourth-order valence-corrected chi connectivity index (χ4v) is 2.02. The number of nitrogens with zero attached hydrogens (tertiary/aromatic N) is 2. The SMILES string of the molecule is CC1(C)[N+](O)=CC(c2cccs2)=[N+]1[O-]. The molecule has 0 bridgehead atoms. The van der Waals surface area contributed by atoms with Gasteiger partial charge in [-0.25, -0.2) is 0 Å². The van der Waals surface area contributed by atoms with E-state index in [0.29, 0.717) is 5.71 Å². The van der Waals surface area contributed by atoms with Crippen molar-refractivity contribution in [3.8, 4) is 0 Å². The van der Waals surface area contributed by atoms with Crippen molar-refractivity contribution < 1.29 is 14.7 Å². The van der Waals surface area contributed by atoms with E-state index in [0.717, 1.165) is 14.4 Å². The normalized spacial score (nSPS) is 20.0. The first-order chi connectivity index (χ1) is 6.53. The van der Waals surface area contributed by atoms with Crippen molar-refractivity contribution in [2.24, 2.45) is 0 Å². The number of hydroxylamine groups is 2. The standard InChI is InChI=1S/C9H11N2O2S/c1-9(2)10(12)6-7(11(9)13)8-4-3-5-14-8/h3-6,12H,1-2H3/q+1. The van der Waals surface area contributed by atoms with Gasteiger partial charge in [0.05, 0.1) is 13.8 Å². The molecule has 4 nitrogen and oxygen atoms in total. The molecular formula is C9H11N2O2S+. The lowest BCUT2D eigenvalue weighted by molar-refractivity contribution is -0.913. The highest BCUT2D eigenvalue weighted by molar-refractivity contribution is 7.12. The van der Waals surface area contributed by atoms with Gasteiger partial charge in [0.2, 0.25) is 0 Å². The van der Waals surface area contributed by atoms with Gasteiger partial charge in [-0.2, -0.15) is 0 Å². The molecule has 2 heterocycles. The third kappa shape index (κ3) is 1.13. The smallest absolute Gasteiger partial charge is 0.401 e. The van der Waals surface area contributed by atoms with E-state index in [2.05, 4.69) is 0 Å². The average molecular weight is 211 g/mol. The van der Waals surface area contributed by atoms with E-state index in [1.807, 2.05) is 17.5 Å². The summed E-state index contributed by atoms with van der Waals surface area (Å²) >= 11 is 1.48. The van der Waals surface area contributed by atoms with Crippen LogP contribution in [0.2, 0.25) is 0 Å². The zero-order valence-electron chi connectivity index (χ0n) is 7.97. The summed E-state index contributed by atoms with van der Waals surface area (Å²) in [6.45, 7) is 3.33. The number of hydrogen-bond acceptors (Lipinski definition) is 3. The Balaban J connectivity index is 2.53. The summed E-state index contributed by atoms with van der Waals surface area (Å²) < 4.78 is 1.76. The minimum absolute atomic E-state index is 0.507. The molecule has 14 heavy (non-hydrogen) atoms. The fraction of sp³-hybridized carbons (Fsp3) is 0.333. The van der Waals surface area contributed by atoms with Crippen LogP contribution in [0.15, 0.2) is 17.5 Å². The Labute approximate surface area is 85.6 Å². The zero-order valence-corrected chi connectivity index (χ0v) is 8.78. The monoisotopic (exact) mass is 211 g/mol. The van der Waals surface area contributed by atoms with Crippen molar-refractivity contribution in [3.05, 3.63) is 27.6 Å². The molecule has 1 aliphatic heterocycles. The lowest BCUT2D eigenvalue weighted by Crippen LogP contribution is -2.39. The molecule has 0 spiro atoms. The molecule has 0 amide bonds. The Bertz CT molecular complexity index is 418. The largest absolute Gasteiger partial charge is 0.618 e. The van der Waals surface area contributed by atoms with Crippen LogP contribution in [0.25, 0.3) is 0 Å². The van der Waals surface area contributed by atoms with Crippen molar-refractivity contribution in [1.29, 1.82) is 0 Å². The highest BCUT2D eigenvalue weighted by Crippen LogP contribution is 2.18. The lowest BCUT2D eigenvalue weighted by atomic mass is 10.3. The van der Waals surface area contributed by atoms with E-state index in [1.54, 1.807) is 13.8 Å². The highest BCUT2D eigenvalue weighted by atomic mass is 32.1.